The van der Waals surface area contributed by atoms with Crippen LogP contribution >= 0.6 is 0 Å². The zero-order valence-electron chi connectivity index (χ0n) is 47.6. The highest BCUT2D eigenvalue weighted by Gasteiger charge is 2.64. The first-order chi connectivity index (χ1) is 41.4. The second-order valence-electron chi connectivity index (χ2n) is 22.4. The average molecular weight is 1170 g/mol. The lowest BCUT2D eigenvalue weighted by Crippen LogP contribution is -2.59. The van der Waals surface area contributed by atoms with Crippen molar-refractivity contribution in [2.75, 3.05) is 14.2 Å². The number of esters is 4. The third-order valence-corrected chi connectivity index (χ3v) is 16.1. The summed E-state index contributed by atoms with van der Waals surface area (Å²) in [6.07, 6.45) is 1.57. The summed E-state index contributed by atoms with van der Waals surface area (Å²) in [6, 6.07) is 38.5. The number of amides is 4. The molecule has 6 aromatic rings. The molecule has 4 amide bonds. The highest BCUT2D eigenvalue weighted by atomic mass is 16.6. The summed E-state index contributed by atoms with van der Waals surface area (Å²) in [5.41, 5.74) is 1.98. The fourth-order valence-electron chi connectivity index (χ4n) is 12.2. The third kappa shape index (κ3) is 15.9. The van der Waals surface area contributed by atoms with Gasteiger partial charge in [0.25, 0.3) is 0 Å². The van der Waals surface area contributed by atoms with Crippen LogP contribution in [0, 0.1) is 22.7 Å². The lowest BCUT2D eigenvalue weighted by molar-refractivity contribution is -0.183. The highest BCUT2D eigenvalue weighted by Crippen LogP contribution is 2.66. The Morgan fingerprint density at radius 3 is 1.09 bits per heavy atom. The summed E-state index contributed by atoms with van der Waals surface area (Å²) in [6.45, 7) is -0.0910. The van der Waals surface area contributed by atoms with Crippen molar-refractivity contribution in [1.82, 2.24) is 21.3 Å². The van der Waals surface area contributed by atoms with E-state index in [-0.39, 0.29) is 80.2 Å². The maximum atomic E-state index is 14.4. The molecule has 0 aromatic heterocycles. The number of carbonyl (C=O) groups is 8. The first-order valence-corrected chi connectivity index (χ1v) is 28.3. The molecule has 4 atom stereocenters. The van der Waals surface area contributed by atoms with Crippen molar-refractivity contribution in [2.45, 2.75) is 102 Å². The number of rotatable bonds is 24. The Morgan fingerprint density at radius 1 is 0.430 bits per heavy atom. The third-order valence-electron chi connectivity index (χ3n) is 16.1. The Kier molecular flexibility index (Phi) is 19.7. The predicted octanol–water partition coefficient (Wildman–Crippen LogP) is 7.67. The van der Waals surface area contributed by atoms with Crippen molar-refractivity contribution in [3.63, 3.8) is 0 Å². The summed E-state index contributed by atoms with van der Waals surface area (Å²) in [7, 11) is 2.38. The van der Waals surface area contributed by atoms with E-state index in [1.54, 1.807) is 121 Å². The number of hydrogen-bond donors (Lipinski definition) is 6. The number of nitrogens with one attached hydrogen (secondary N) is 4. The van der Waals surface area contributed by atoms with E-state index < -0.39 is 82.9 Å². The van der Waals surface area contributed by atoms with E-state index in [2.05, 4.69) is 21.3 Å². The Morgan fingerprint density at radius 2 is 0.756 bits per heavy atom. The highest BCUT2D eigenvalue weighted by molar-refractivity contribution is 5.91. The molecule has 448 valence electrons. The van der Waals surface area contributed by atoms with Gasteiger partial charge in [0, 0.05) is 25.7 Å². The summed E-state index contributed by atoms with van der Waals surface area (Å²) < 4.78 is 33.1. The van der Waals surface area contributed by atoms with Crippen LogP contribution in [0.25, 0.3) is 0 Å². The quantitative estimate of drug-likeness (QED) is 0.0193. The minimum absolute atomic E-state index is 0.00144. The second-order valence-corrected chi connectivity index (χ2v) is 22.4. The Balaban J connectivity index is 0.806. The number of methoxy groups -OCH3 is 2. The molecule has 0 unspecified atom stereocenters. The van der Waals surface area contributed by atoms with Crippen molar-refractivity contribution in [2.24, 2.45) is 22.7 Å². The maximum absolute atomic E-state index is 14.4. The molecule has 10 rings (SSSR count). The Bertz CT molecular complexity index is 3130. The van der Waals surface area contributed by atoms with Crippen molar-refractivity contribution < 1.29 is 77.0 Å². The second kappa shape index (κ2) is 27.8. The van der Waals surface area contributed by atoms with Gasteiger partial charge >= 0.3 is 36.1 Å². The fourth-order valence-corrected chi connectivity index (χ4v) is 12.2. The standard InChI is InChI=1S/C66H68N4O16/c1-81-59(75)55(67-57(73)53(30-41-13-21-49(71)22-14-41)69-63(79)83-38-45-9-5-3-6-10-45)32-43-17-25-51(26-18-43)85-61(77)65-34-47-29-48(35-65)37-66(36-47,40-65)62(78)86-52-27-19-44(20-28-52)33-56(60(76)82-2)68-58(74)54(31-42-15-23-50(72)24-16-42)70-64(80)84-39-46-11-7-4-8-12-46/h3-28,47-48,53-56,71-72H,29-40H2,1-2H3,(H,67,73)(H,68,74)(H,69,79)(H,70,80)/t47?,48?,53-,54-,55-,56-,65?,66?/m0/s1. The molecule has 86 heavy (non-hydrogen) atoms. The van der Waals surface area contributed by atoms with Crippen LogP contribution in [0.15, 0.2) is 158 Å². The molecule has 0 saturated heterocycles. The number of phenols is 2. The van der Waals surface area contributed by atoms with Gasteiger partial charge in [0.15, 0.2) is 0 Å². The Labute approximate surface area is 496 Å². The van der Waals surface area contributed by atoms with E-state index >= 15 is 0 Å². The predicted molar refractivity (Wildman–Crippen MR) is 310 cm³/mol. The van der Waals surface area contributed by atoms with Crippen LogP contribution in [0.4, 0.5) is 9.59 Å². The molecule has 0 radical (unpaired) electrons. The molecule has 4 aliphatic rings. The molecule has 4 saturated carbocycles. The van der Waals surface area contributed by atoms with Crippen molar-refractivity contribution in [1.29, 1.82) is 0 Å². The number of benzene rings is 6. The van der Waals surface area contributed by atoms with Crippen LogP contribution in [0.5, 0.6) is 23.0 Å². The molecule has 0 aliphatic heterocycles. The minimum atomic E-state index is -1.19. The van der Waals surface area contributed by atoms with Gasteiger partial charge in [0.1, 0.15) is 60.4 Å². The topological polar surface area (TPSA) is 281 Å². The first kappa shape index (κ1) is 60.9. The molecule has 6 aromatic carbocycles. The number of carbonyl (C=O) groups excluding carboxylic acids is 8. The van der Waals surface area contributed by atoms with Gasteiger partial charge in [-0.05, 0) is 132 Å². The number of phenolic OH excluding ortho intramolecular Hbond substituents is 2. The molecular weight excluding hydrogens is 1100 g/mol. The maximum Gasteiger partial charge on any atom is 0.408 e. The van der Waals surface area contributed by atoms with Gasteiger partial charge in [0.05, 0.1) is 25.0 Å². The van der Waals surface area contributed by atoms with Crippen LogP contribution < -0.4 is 30.7 Å². The van der Waals surface area contributed by atoms with Gasteiger partial charge in [0.2, 0.25) is 11.8 Å². The molecule has 20 nitrogen and oxygen atoms in total. The summed E-state index contributed by atoms with van der Waals surface area (Å²) in [5, 5.41) is 30.3. The summed E-state index contributed by atoms with van der Waals surface area (Å²) >= 11 is 0. The van der Waals surface area contributed by atoms with E-state index in [1.807, 2.05) is 12.1 Å². The normalized spacial score (nSPS) is 19.4. The van der Waals surface area contributed by atoms with Gasteiger partial charge in [-0.1, -0.05) is 109 Å². The van der Waals surface area contributed by atoms with Crippen LogP contribution in [0.3, 0.4) is 0 Å². The Hall–Kier alpha value is -9.72. The van der Waals surface area contributed by atoms with Gasteiger partial charge in [-0.25, -0.2) is 19.2 Å². The molecule has 4 bridgehead atoms. The number of hydrogen-bond acceptors (Lipinski definition) is 16. The molecule has 6 N–H and O–H groups in total. The zero-order chi connectivity index (χ0) is 60.8. The van der Waals surface area contributed by atoms with Crippen molar-refractivity contribution in [3.8, 4) is 23.0 Å². The van der Waals surface area contributed by atoms with Crippen LogP contribution in [-0.4, -0.2) is 96.5 Å². The lowest BCUT2D eigenvalue weighted by atomic mass is 9.44. The molecule has 4 aliphatic carbocycles. The number of ether oxygens (including phenoxy) is 6. The van der Waals surface area contributed by atoms with Gasteiger partial charge in [-0.3, -0.25) is 19.2 Å². The largest absolute Gasteiger partial charge is 0.508 e. The van der Waals surface area contributed by atoms with E-state index in [1.165, 1.54) is 38.5 Å². The number of aromatic hydroxyl groups is 2. The molecule has 4 fully saturated rings. The van der Waals surface area contributed by atoms with E-state index in [0.29, 0.717) is 47.9 Å². The fraction of sp³-hybridized carbons (Fsp3) is 0.333. The average Bonchev–Trinajstić information content (AvgIpc) is 0.731. The van der Waals surface area contributed by atoms with Crippen LogP contribution in [0.1, 0.15) is 71.9 Å². The number of alkyl carbamates (subject to hydrolysis) is 2. The molecule has 20 heteroatoms. The van der Waals surface area contributed by atoms with Gasteiger partial charge < -0.3 is 59.9 Å². The van der Waals surface area contributed by atoms with Crippen molar-refractivity contribution in [3.05, 3.63) is 191 Å². The molecule has 0 heterocycles. The summed E-state index contributed by atoms with van der Waals surface area (Å²) in [4.78, 5) is 109. The minimum Gasteiger partial charge on any atom is -0.508 e. The van der Waals surface area contributed by atoms with E-state index in [9.17, 15) is 48.6 Å². The van der Waals surface area contributed by atoms with E-state index in [4.69, 9.17) is 28.4 Å². The SMILES string of the molecule is COC(=O)[C@H](Cc1ccc(OC(=O)C23CC4CC(C2)CC(C(=O)Oc2ccc(C[C@H](NC(=O)[C@H](Cc5ccc(O)cc5)NC(=O)OCc5ccccc5)C(=O)OC)cc2)(C4)C3)cc1)NC(=O)[C@H](Cc1ccc(O)cc1)NC(=O)OCc1ccccc1. The van der Waals surface area contributed by atoms with Crippen LogP contribution in [0.2, 0.25) is 0 Å². The summed E-state index contributed by atoms with van der Waals surface area (Å²) in [5.74, 6) is -3.07. The zero-order valence-corrected chi connectivity index (χ0v) is 47.6. The molecular formula is C66H68N4O16. The van der Waals surface area contributed by atoms with Gasteiger partial charge in [-0.15, -0.1) is 0 Å². The van der Waals surface area contributed by atoms with E-state index in [0.717, 1.165) is 17.5 Å². The van der Waals surface area contributed by atoms with Crippen LogP contribution in [-0.2, 0) is 86.6 Å². The molecule has 0 spiro atoms. The monoisotopic (exact) mass is 1170 g/mol. The first-order valence-electron chi connectivity index (χ1n) is 28.3. The van der Waals surface area contributed by atoms with Crippen molar-refractivity contribution >= 4 is 47.9 Å². The van der Waals surface area contributed by atoms with Gasteiger partial charge in [-0.2, -0.15) is 0 Å². The smallest absolute Gasteiger partial charge is 0.408 e. The lowest BCUT2D eigenvalue weighted by Gasteiger charge is -2.59.